The van der Waals surface area contributed by atoms with Crippen molar-refractivity contribution < 1.29 is 19.4 Å². The second-order valence-corrected chi connectivity index (χ2v) is 6.64. The van der Waals surface area contributed by atoms with Gasteiger partial charge in [0.25, 0.3) is 5.91 Å². The molecule has 1 heterocycles. The Labute approximate surface area is 162 Å². The summed E-state index contributed by atoms with van der Waals surface area (Å²) < 4.78 is 6.99. The molecule has 0 atom stereocenters. The molecule has 0 fully saturated rings. The first-order valence-electron chi connectivity index (χ1n) is 8.68. The monoisotopic (exact) mass is 385 g/mol. The van der Waals surface area contributed by atoms with E-state index in [1.54, 1.807) is 42.0 Å². The van der Waals surface area contributed by atoms with Gasteiger partial charge in [-0.3, -0.25) is 14.2 Å². The van der Waals surface area contributed by atoms with E-state index in [0.29, 0.717) is 29.2 Å². The molecule has 0 unspecified atom stereocenters. The van der Waals surface area contributed by atoms with Gasteiger partial charge < -0.3 is 9.84 Å². The van der Waals surface area contributed by atoms with Crippen LogP contribution in [0, 0.1) is 0 Å². The minimum absolute atomic E-state index is 0.00153. The molecule has 0 aliphatic carbocycles. The highest BCUT2D eigenvalue weighted by Crippen LogP contribution is 2.32. The second-order valence-electron chi connectivity index (χ2n) is 6.20. The fraction of sp³-hybridized carbons (Fsp3) is 0.238. The zero-order chi connectivity index (χ0) is 19.6. The van der Waals surface area contributed by atoms with Crippen molar-refractivity contribution in [3.8, 4) is 5.75 Å². The molecule has 1 aromatic heterocycles. The van der Waals surface area contributed by atoms with Crippen molar-refractivity contribution in [1.29, 1.82) is 0 Å². The number of methoxy groups -OCH3 is 1. The van der Waals surface area contributed by atoms with Gasteiger partial charge in [-0.25, -0.2) is 0 Å². The molecule has 3 aromatic rings. The van der Waals surface area contributed by atoms with Crippen LogP contribution in [0.2, 0.25) is 5.02 Å². The number of benzene rings is 2. The summed E-state index contributed by atoms with van der Waals surface area (Å²) in [6.45, 7) is 1.96. The van der Waals surface area contributed by atoms with E-state index >= 15 is 0 Å². The Morgan fingerprint density at radius 3 is 2.44 bits per heavy atom. The lowest BCUT2D eigenvalue weighted by atomic mass is 10.0. The van der Waals surface area contributed by atoms with Crippen LogP contribution in [0.4, 0.5) is 0 Å². The highest BCUT2D eigenvalue weighted by Gasteiger charge is 2.22. The number of carbonyl (C=O) groups excluding carboxylic acids is 1. The van der Waals surface area contributed by atoms with Crippen molar-refractivity contribution in [1.82, 2.24) is 4.57 Å². The maximum Gasteiger partial charge on any atom is 0.303 e. The molecular formula is C21H20ClNO4. The number of ether oxygens (including phenoxy) is 1. The van der Waals surface area contributed by atoms with Gasteiger partial charge in [0.05, 0.1) is 12.6 Å². The number of nitrogens with zero attached hydrogens (tertiary/aromatic N) is 1. The van der Waals surface area contributed by atoms with Gasteiger partial charge in [0.1, 0.15) is 5.75 Å². The van der Waals surface area contributed by atoms with Crippen LogP contribution < -0.4 is 4.74 Å². The zero-order valence-electron chi connectivity index (χ0n) is 15.2. The first-order chi connectivity index (χ1) is 13.0. The molecule has 0 radical (unpaired) electrons. The summed E-state index contributed by atoms with van der Waals surface area (Å²) in [6.07, 6.45) is 0.951. The first-order valence-corrected chi connectivity index (χ1v) is 9.06. The lowest BCUT2D eigenvalue weighted by Crippen LogP contribution is -2.15. The highest BCUT2D eigenvalue weighted by molar-refractivity contribution is 6.30. The van der Waals surface area contributed by atoms with E-state index in [1.165, 1.54) is 0 Å². The van der Waals surface area contributed by atoms with Crippen molar-refractivity contribution in [3.05, 3.63) is 64.3 Å². The SMILES string of the molecule is CCc1c(CCC(=O)O)c2cc(OC)ccc2n1C(=O)c1ccc(Cl)cc1. The summed E-state index contributed by atoms with van der Waals surface area (Å²) in [6, 6.07) is 12.2. The molecule has 1 N–H and O–H groups in total. The maximum absolute atomic E-state index is 13.2. The van der Waals surface area contributed by atoms with E-state index in [0.717, 1.165) is 22.2 Å². The lowest BCUT2D eigenvalue weighted by molar-refractivity contribution is -0.136. The molecule has 0 bridgehead atoms. The van der Waals surface area contributed by atoms with Crippen molar-refractivity contribution in [2.24, 2.45) is 0 Å². The summed E-state index contributed by atoms with van der Waals surface area (Å²) in [4.78, 5) is 24.3. The van der Waals surface area contributed by atoms with Crippen LogP contribution in [0.1, 0.15) is 35.0 Å². The number of halogens is 1. The van der Waals surface area contributed by atoms with Crippen molar-refractivity contribution in [2.75, 3.05) is 7.11 Å². The predicted octanol–water partition coefficient (Wildman–Crippen LogP) is 4.57. The van der Waals surface area contributed by atoms with E-state index in [4.69, 9.17) is 21.4 Å². The van der Waals surface area contributed by atoms with Crippen molar-refractivity contribution in [2.45, 2.75) is 26.2 Å². The number of aryl methyl sites for hydroxylation is 1. The average molecular weight is 386 g/mol. The molecule has 3 rings (SSSR count). The molecule has 27 heavy (non-hydrogen) atoms. The molecule has 0 aliphatic heterocycles. The van der Waals surface area contributed by atoms with E-state index in [9.17, 15) is 9.59 Å². The number of hydrogen-bond donors (Lipinski definition) is 1. The molecule has 6 heteroatoms. The van der Waals surface area contributed by atoms with Crippen molar-refractivity contribution >= 4 is 34.4 Å². The van der Waals surface area contributed by atoms with E-state index < -0.39 is 5.97 Å². The number of hydrogen-bond acceptors (Lipinski definition) is 3. The predicted molar refractivity (Wildman–Crippen MR) is 105 cm³/mol. The zero-order valence-corrected chi connectivity index (χ0v) is 15.9. The van der Waals surface area contributed by atoms with Gasteiger partial charge in [-0.05, 0) is 60.9 Å². The molecule has 5 nitrogen and oxygen atoms in total. The van der Waals surface area contributed by atoms with E-state index in [1.807, 2.05) is 19.1 Å². The summed E-state index contributed by atoms with van der Waals surface area (Å²) in [5.74, 6) is -0.372. The third-order valence-corrected chi connectivity index (χ3v) is 4.86. The number of aliphatic carboxylic acids is 1. The van der Waals surface area contributed by atoms with Gasteiger partial charge >= 0.3 is 5.97 Å². The minimum atomic E-state index is -0.870. The standard InChI is InChI=1S/C21H20ClNO4/c1-3-18-16(9-11-20(24)25)17-12-15(27-2)8-10-19(17)23(18)21(26)13-4-6-14(22)7-5-13/h4-8,10,12H,3,9,11H2,1-2H3,(H,24,25). The molecule has 0 saturated heterocycles. The largest absolute Gasteiger partial charge is 0.497 e. The minimum Gasteiger partial charge on any atom is -0.497 e. The average Bonchev–Trinajstić information content (AvgIpc) is 2.98. The number of carboxylic acids is 1. The smallest absolute Gasteiger partial charge is 0.303 e. The Morgan fingerprint density at radius 2 is 1.85 bits per heavy atom. The maximum atomic E-state index is 13.2. The van der Waals surface area contributed by atoms with Gasteiger partial charge in [0, 0.05) is 28.1 Å². The van der Waals surface area contributed by atoms with Crippen LogP contribution in [0.3, 0.4) is 0 Å². The molecule has 0 saturated carbocycles. The number of carboxylic acid groups (broad SMARTS) is 1. The van der Waals surface area contributed by atoms with Gasteiger partial charge in [0.2, 0.25) is 0 Å². The Morgan fingerprint density at radius 1 is 1.15 bits per heavy atom. The molecule has 2 aromatic carbocycles. The van der Waals surface area contributed by atoms with Crippen LogP contribution in [0.5, 0.6) is 5.75 Å². The molecule has 0 amide bonds. The van der Waals surface area contributed by atoms with Crippen LogP contribution in [0.15, 0.2) is 42.5 Å². The number of carbonyl (C=O) groups is 2. The summed E-state index contributed by atoms with van der Waals surface area (Å²) in [5.41, 5.74) is 2.95. The van der Waals surface area contributed by atoms with Gasteiger partial charge in [-0.1, -0.05) is 18.5 Å². The summed E-state index contributed by atoms with van der Waals surface area (Å²) in [7, 11) is 1.58. The fourth-order valence-corrected chi connectivity index (χ4v) is 3.48. The Balaban J connectivity index is 2.22. The van der Waals surface area contributed by atoms with Crippen LogP contribution >= 0.6 is 11.6 Å². The number of aromatic nitrogens is 1. The molecule has 140 valence electrons. The topological polar surface area (TPSA) is 68.5 Å². The van der Waals surface area contributed by atoms with Crippen LogP contribution in [0.25, 0.3) is 10.9 Å². The van der Waals surface area contributed by atoms with Gasteiger partial charge in [-0.2, -0.15) is 0 Å². The number of rotatable bonds is 6. The molecule has 0 spiro atoms. The normalized spacial score (nSPS) is 10.9. The Kier molecular flexibility index (Phi) is 5.51. The van der Waals surface area contributed by atoms with Crippen molar-refractivity contribution in [3.63, 3.8) is 0 Å². The second kappa shape index (κ2) is 7.84. The quantitative estimate of drug-likeness (QED) is 0.674. The third-order valence-electron chi connectivity index (χ3n) is 4.61. The summed E-state index contributed by atoms with van der Waals surface area (Å²) in [5, 5.41) is 10.5. The van der Waals surface area contributed by atoms with E-state index in [-0.39, 0.29) is 12.3 Å². The molecular weight excluding hydrogens is 366 g/mol. The highest BCUT2D eigenvalue weighted by atomic mass is 35.5. The Hall–Kier alpha value is -2.79. The molecule has 0 aliphatic rings. The number of fused-ring (bicyclic) bond motifs is 1. The Bertz CT molecular complexity index is 1010. The third kappa shape index (κ3) is 3.69. The van der Waals surface area contributed by atoms with Gasteiger partial charge in [0.15, 0.2) is 0 Å². The van der Waals surface area contributed by atoms with E-state index in [2.05, 4.69) is 0 Å². The fourth-order valence-electron chi connectivity index (χ4n) is 3.35. The van der Waals surface area contributed by atoms with Gasteiger partial charge in [-0.15, -0.1) is 0 Å². The van der Waals surface area contributed by atoms with Crippen LogP contribution in [-0.4, -0.2) is 28.7 Å². The first kappa shape index (κ1) is 19.0. The van der Waals surface area contributed by atoms with Crippen LogP contribution in [-0.2, 0) is 17.6 Å². The lowest BCUT2D eigenvalue weighted by Gasteiger charge is -2.10. The summed E-state index contributed by atoms with van der Waals surface area (Å²) >= 11 is 5.94.